The van der Waals surface area contributed by atoms with Crippen LogP contribution in [0.15, 0.2) is 42.9 Å². The van der Waals surface area contributed by atoms with Crippen LogP contribution in [0.3, 0.4) is 0 Å². The minimum absolute atomic E-state index is 0.0843. The van der Waals surface area contributed by atoms with Gasteiger partial charge in [0.25, 0.3) is 11.8 Å². The maximum absolute atomic E-state index is 12.5. The summed E-state index contributed by atoms with van der Waals surface area (Å²) in [5.41, 5.74) is 2.05. The van der Waals surface area contributed by atoms with E-state index in [4.69, 9.17) is 0 Å². The molecule has 0 spiro atoms. The molecule has 0 atom stereocenters. The van der Waals surface area contributed by atoms with E-state index in [1.54, 1.807) is 6.20 Å². The Morgan fingerprint density at radius 3 is 2.56 bits per heavy atom. The highest BCUT2D eigenvalue weighted by Crippen LogP contribution is 2.19. The van der Waals surface area contributed by atoms with Gasteiger partial charge in [0.2, 0.25) is 0 Å². The SMILES string of the molecule is CC(C)c1ncncc1C(=O)NCC1CCN(C(=O)c2ccccc2)CC1. The molecule has 0 aliphatic carbocycles. The maximum atomic E-state index is 12.5. The molecule has 1 aromatic heterocycles. The van der Waals surface area contributed by atoms with Crippen molar-refractivity contribution in [2.45, 2.75) is 32.6 Å². The van der Waals surface area contributed by atoms with Gasteiger partial charge in [0, 0.05) is 31.4 Å². The van der Waals surface area contributed by atoms with Crippen LogP contribution in [0.1, 0.15) is 59.0 Å². The summed E-state index contributed by atoms with van der Waals surface area (Å²) in [5.74, 6) is 0.505. The van der Waals surface area contributed by atoms with Gasteiger partial charge in [-0.15, -0.1) is 0 Å². The maximum Gasteiger partial charge on any atom is 0.254 e. The molecule has 27 heavy (non-hydrogen) atoms. The van der Waals surface area contributed by atoms with E-state index in [0.29, 0.717) is 18.0 Å². The quantitative estimate of drug-likeness (QED) is 0.883. The molecule has 1 aromatic carbocycles. The average Bonchev–Trinajstić information content (AvgIpc) is 2.72. The number of carbonyl (C=O) groups excluding carboxylic acids is 2. The van der Waals surface area contributed by atoms with Gasteiger partial charge in [0.1, 0.15) is 6.33 Å². The second-order valence-electron chi connectivity index (χ2n) is 7.29. The molecule has 2 amide bonds. The molecule has 6 heteroatoms. The molecule has 2 heterocycles. The smallest absolute Gasteiger partial charge is 0.254 e. The summed E-state index contributed by atoms with van der Waals surface area (Å²) in [4.78, 5) is 35.1. The van der Waals surface area contributed by atoms with Gasteiger partial charge in [-0.1, -0.05) is 32.0 Å². The van der Waals surface area contributed by atoms with E-state index in [9.17, 15) is 9.59 Å². The number of hydrogen-bond donors (Lipinski definition) is 1. The molecule has 6 nitrogen and oxygen atoms in total. The van der Waals surface area contributed by atoms with E-state index < -0.39 is 0 Å². The zero-order chi connectivity index (χ0) is 19.2. The average molecular weight is 366 g/mol. The highest BCUT2D eigenvalue weighted by atomic mass is 16.2. The first-order valence-corrected chi connectivity index (χ1v) is 9.48. The first-order valence-electron chi connectivity index (χ1n) is 9.48. The van der Waals surface area contributed by atoms with Crippen LogP contribution in [-0.2, 0) is 0 Å². The van der Waals surface area contributed by atoms with Crippen LogP contribution >= 0.6 is 0 Å². The lowest BCUT2D eigenvalue weighted by Crippen LogP contribution is -2.41. The van der Waals surface area contributed by atoms with Gasteiger partial charge in [-0.3, -0.25) is 9.59 Å². The highest BCUT2D eigenvalue weighted by Gasteiger charge is 2.24. The summed E-state index contributed by atoms with van der Waals surface area (Å²) in [6, 6.07) is 9.38. The number of amides is 2. The Bertz CT molecular complexity index is 784. The largest absolute Gasteiger partial charge is 0.352 e. The second kappa shape index (κ2) is 8.75. The third kappa shape index (κ3) is 4.70. The minimum atomic E-state index is -0.123. The van der Waals surface area contributed by atoms with E-state index in [0.717, 1.165) is 37.2 Å². The number of piperidine rings is 1. The van der Waals surface area contributed by atoms with Crippen LogP contribution in [0.4, 0.5) is 0 Å². The number of nitrogens with one attached hydrogen (secondary N) is 1. The number of rotatable bonds is 5. The van der Waals surface area contributed by atoms with Crippen molar-refractivity contribution in [3.05, 3.63) is 59.7 Å². The second-order valence-corrected chi connectivity index (χ2v) is 7.29. The van der Waals surface area contributed by atoms with Crippen molar-refractivity contribution in [2.75, 3.05) is 19.6 Å². The highest BCUT2D eigenvalue weighted by molar-refractivity contribution is 5.95. The topological polar surface area (TPSA) is 75.2 Å². The zero-order valence-electron chi connectivity index (χ0n) is 15.9. The molecule has 1 fully saturated rings. The van der Waals surface area contributed by atoms with Crippen LogP contribution in [-0.4, -0.2) is 46.3 Å². The fraction of sp³-hybridized carbons (Fsp3) is 0.429. The van der Waals surface area contributed by atoms with E-state index >= 15 is 0 Å². The first-order chi connectivity index (χ1) is 13.1. The van der Waals surface area contributed by atoms with Gasteiger partial charge in [0.15, 0.2) is 0 Å². The Kier molecular flexibility index (Phi) is 6.16. The van der Waals surface area contributed by atoms with Crippen LogP contribution < -0.4 is 5.32 Å². The number of likely N-dealkylation sites (tertiary alicyclic amines) is 1. The van der Waals surface area contributed by atoms with Crippen molar-refractivity contribution in [1.29, 1.82) is 0 Å². The fourth-order valence-corrected chi connectivity index (χ4v) is 3.41. The van der Waals surface area contributed by atoms with Gasteiger partial charge in [-0.05, 0) is 36.8 Å². The molecule has 1 aliphatic rings. The van der Waals surface area contributed by atoms with Gasteiger partial charge >= 0.3 is 0 Å². The van der Waals surface area contributed by atoms with E-state index in [1.807, 2.05) is 49.1 Å². The van der Waals surface area contributed by atoms with E-state index in [1.165, 1.54) is 6.33 Å². The third-order valence-electron chi connectivity index (χ3n) is 5.01. The molecule has 1 saturated heterocycles. The predicted octanol–water partition coefficient (Wildman–Crippen LogP) is 2.88. The third-order valence-corrected chi connectivity index (χ3v) is 5.01. The Labute approximate surface area is 160 Å². The lowest BCUT2D eigenvalue weighted by Gasteiger charge is -2.32. The molecule has 3 rings (SSSR count). The van der Waals surface area contributed by atoms with Crippen molar-refractivity contribution in [3.63, 3.8) is 0 Å². The molecule has 0 unspecified atom stereocenters. The van der Waals surface area contributed by atoms with Crippen molar-refractivity contribution < 1.29 is 9.59 Å². The number of hydrogen-bond acceptors (Lipinski definition) is 4. The Morgan fingerprint density at radius 2 is 1.89 bits per heavy atom. The monoisotopic (exact) mass is 366 g/mol. The Balaban J connectivity index is 1.50. The van der Waals surface area contributed by atoms with Crippen molar-refractivity contribution in [1.82, 2.24) is 20.2 Å². The first kappa shape index (κ1) is 19.0. The predicted molar refractivity (Wildman–Crippen MR) is 104 cm³/mol. The van der Waals surface area contributed by atoms with Gasteiger partial charge in [0.05, 0.1) is 11.3 Å². The molecular formula is C21H26N4O2. The number of nitrogens with zero attached hydrogens (tertiary/aromatic N) is 3. The van der Waals surface area contributed by atoms with Crippen LogP contribution in [0, 0.1) is 5.92 Å². The molecule has 0 saturated carbocycles. The van der Waals surface area contributed by atoms with E-state index in [2.05, 4.69) is 15.3 Å². The van der Waals surface area contributed by atoms with Crippen LogP contribution in [0.2, 0.25) is 0 Å². The van der Waals surface area contributed by atoms with Gasteiger partial charge < -0.3 is 10.2 Å². The van der Waals surface area contributed by atoms with Crippen molar-refractivity contribution in [3.8, 4) is 0 Å². The number of carbonyl (C=O) groups is 2. The zero-order valence-corrected chi connectivity index (χ0v) is 15.9. The van der Waals surface area contributed by atoms with Gasteiger partial charge in [-0.25, -0.2) is 9.97 Å². The summed E-state index contributed by atoms with van der Waals surface area (Å²) in [6.07, 6.45) is 4.84. The summed E-state index contributed by atoms with van der Waals surface area (Å²) in [5, 5.41) is 3.02. The Morgan fingerprint density at radius 1 is 1.19 bits per heavy atom. The normalized spacial score (nSPS) is 15.0. The minimum Gasteiger partial charge on any atom is -0.352 e. The molecule has 1 aliphatic heterocycles. The molecule has 0 radical (unpaired) electrons. The summed E-state index contributed by atoms with van der Waals surface area (Å²) < 4.78 is 0. The van der Waals surface area contributed by atoms with Crippen LogP contribution in [0.25, 0.3) is 0 Å². The number of benzene rings is 1. The van der Waals surface area contributed by atoms with Gasteiger partial charge in [-0.2, -0.15) is 0 Å². The summed E-state index contributed by atoms with van der Waals surface area (Å²) in [6.45, 7) is 6.08. The molecule has 0 bridgehead atoms. The standard InChI is InChI=1S/C21H26N4O2/c1-15(2)19-18(13-22-14-24-19)20(26)23-12-16-8-10-25(11-9-16)21(27)17-6-4-3-5-7-17/h3-7,13-16H,8-12H2,1-2H3,(H,23,26). The summed E-state index contributed by atoms with van der Waals surface area (Å²) in [7, 11) is 0. The fourth-order valence-electron chi connectivity index (χ4n) is 3.41. The summed E-state index contributed by atoms with van der Waals surface area (Å²) >= 11 is 0. The lowest BCUT2D eigenvalue weighted by molar-refractivity contribution is 0.0684. The van der Waals surface area contributed by atoms with Crippen LogP contribution in [0.5, 0.6) is 0 Å². The van der Waals surface area contributed by atoms with E-state index in [-0.39, 0.29) is 17.7 Å². The Hall–Kier alpha value is -2.76. The molecular weight excluding hydrogens is 340 g/mol. The molecule has 142 valence electrons. The number of aromatic nitrogens is 2. The van der Waals surface area contributed by atoms with Crippen molar-refractivity contribution in [2.24, 2.45) is 5.92 Å². The van der Waals surface area contributed by atoms with Crippen molar-refractivity contribution >= 4 is 11.8 Å². The molecule has 2 aromatic rings. The lowest BCUT2D eigenvalue weighted by atomic mass is 9.96. The molecule has 1 N–H and O–H groups in total.